The van der Waals surface area contributed by atoms with Crippen LogP contribution in [0.2, 0.25) is 10.0 Å². The van der Waals surface area contributed by atoms with Gasteiger partial charge in [0.25, 0.3) is 0 Å². The topological polar surface area (TPSA) is 45.1 Å². The van der Waals surface area contributed by atoms with Crippen molar-refractivity contribution in [3.05, 3.63) is 22.3 Å². The zero-order chi connectivity index (χ0) is 11.3. The van der Waals surface area contributed by atoms with Gasteiger partial charge >= 0.3 is 0 Å². The Kier molecular flexibility index (Phi) is 5.15. The molecular formula is C10H14Cl2N2O. The van der Waals surface area contributed by atoms with Gasteiger partial charge < -0.3 is 10.4 Å². The van der Waals surface area contributed by atoms with E-state index in [1.807, 2.05) is 6.92 Å². The number of halogens is 2. The minimum absolute atomic E-state index is 0.202. The average molecular weight is 249 g/mol. The van der Waals surface area contributed by atoms with Crippen LogP contribution in [0.25, 0.3) is 0 Å². The first-order valence-corrected chi connectivity index (χ1v) is 5.57. The molecule has 1 aromatic rings. The van der Waals surface area contributed by atoms with Crippen molar-refractivity contribution in [1.82, 2.24) is 4.98 Å². The molecule has 1 unspecified atom stereocenters. The van der Waals surface area contributed by atoms with Gasteiger partial charge in [0.1, 0.15) is 5.82 Å². The number of aromatic nitrogens is 1. The number of nitrogens with one attached hydrogen (secondary N) is 1. The van der Waals surface area contributed by atoms with Crippen molar-refractivity contribution in [2.75, 3.05) is 11.9 Å². The number of pyridine rings is 1. The van der Waals surface area contributed by atoms with Gasteiger partial charge in [-0.2, -0.15) is 0 Å². The largest absolute Gasteiger partial charge is 0.396 e. The van der Waals surface area contributed by atoms with E-state index < -0.39 is 0 Å². The molecule has 15 heavy (non-hydrogen) atoms. The van der Waals surface area contributed by atoms with Gasteiger partial charge in [0.05, 0.1) is 10.0 Å². The molecule has 0 aliphatic rings. The van der Waals surface area contributed by atoms with Crippen LogP contribution in [0.1, 0.15) is 19.8 Å². The predicted molar refractivity (Wildman–Crippen MR) is 63.7 cm³/mol. The summed E-state index contributed by atoms with van der Waals surface area (Å²) < 4.78 is 0. The fourth-order valence-corrected chi connectivity index (χ4v) is 1.66. The number of aliphatic hydroxyl groups is 1. The first kappa shape index (κ1) is 12.6. The minimum Gasteiger partial charge on any atom is -0.396 e. The Hall–Kier alpha value is -0.510. The lowest BCUT2D eigenvalue weighted by atomic mass is 10.2. The molecule has 0 saturated heterocycles. The van der Waals surface area contributed by atoms with Gasteiger partial charge in [-0.25, -0.2) is 4.98 Å². The predicted octanol–water partition coefficient (Wildman–Crippen LogP) is 2.96. The van der Waals surface area contributed by atoms with Crippen molar-refractivity contribution >= 4 is 29.0 Å². The third-order valence-electron chi connectivity index (χ3n) is 1.99. The molecular weight excluding hydrogens is 235 g/mol. The standard InChI is InChI=1S/C10H14Cl2N2O/c1-7(3-2-4-15)14-10-9(12)5-8(11)6-13-10/h5-7,15H,2-4H2,1H3,(H,13,14). The highest BCUT2D eigenvalue weighted by atomic mass is 35.5. The SMILES string of the molecule is CC(CCCO)Nc1ncc(Cl)cc1Cl. The van der Waals surface area contributed by atoms with Crippen LogP contribution in [0, 0.1) is 0 Å². The molecule has 1 heterocycles. The summed E-state index contributed by atoms with van der Waals surface area (Å²) in [6, 6.07) is 1.88. The van der Waals surface area contributed by atoms with Crippen LogP contribution < -0.4 is 5.32 Å². The molecule has 0 saturated carbocycles. The Morgan fingerprint density at radius 3 is 2.87 bits per heavy atom. The Balaban J connectivity index is 2.56. The lowest BCUT2D eigenvalue weighted by Gasteiger charge is -2.14. The highest BCUT2D eigenvalue weighted by Gasteiger charge is 2.06. The van der Waals surface area contributed by atoms with E-state index in [0.29, 0.717) is 15.9 Å². The van der Waals surface area contributed by atoms with E-state index in [2.05, 4.69) is 10.3 Å². The van der Waals surface area contributed by atoms with Crippen molar-refractivity contribution in [3.63, 3.8) is 0 Å². The smallest absolute Gasteiger partial charge is 0.145 e. The van der Waals surface area contributed by atoms with Gasteiger partial charge in [-0.15, -0.1) is 0 Å². The van der Waals surface area contributed by atoms with Gasteiger partial charge in [-0.05, 0) is 25.8 Å². The Bertz CT molecular complexity index is 320. The summed E-state index contributed by atoms with van der Waals surface area (Å²) in [7, 11) is 0. The molecule has 0 aliphatic carbocycles. The maximum Gasteiger partial charge on any atom is 0.145 e. The summed E-state index contributed by atoms with van der Waals surface area (Å²) in [6.07, 6.45) is 3.19. The van der Waals surface area contributed by atoms with Crippen molar-refractivity contribution in [3.8, 4) is 0 Å². The molecule has 0 aliphatic heterocycles. The molecule has 0 amide bonds. The number of rotatable bonds is 5. The molecule has 0 bridgehead atoms. The van der Waals surface area contributed by atoms with E-state index >= 15 is 0 Å². The second kappa shape index (κ2) is 6.16. The zero-order valence-corrected chi connectivity index (χ0v) is 10.0. The maximum atomic E-state index is 8.69. The summed E-state index contributed by atoms with van der Waals surface area (Å²) in [6.45, 7) is 2.22. The fourth-order valence-electron chi connectivity index (χ4n) is 1.22. The first-order valence-electron chi connectivity index (χ1n) is 4.82. The lowest BCUT2D eigenvalue weighted by molar-refractivity contribution is 0.282. The summed E-state index contributed by atoms with van der Waals surface area (Å²) in [5, 5.41) is 12.9. The fraction of sp³-hybridized carbons (Fsp3) is 0.500. The Morgan fingerprint density at radius 1 is 1.53 bits per heavy atom. The van der Waals surface area contributed by atoms with Crippen LogP contribution in [-0.2, 0) is 0 Å². The van der Waals surface area contributed by atoms with Crippen molar-refractivity contribution < 1.29 is 5.11 Å². The summed E-state index contributed by atoms with van der Waals surface area (Å²) in [4.78, 5) is 4.09. The number of hydrogen-bond acceptors (Lipinski definition) is 3. The summed E-state index contributed by atoms with van der Waals surface area (Å²) in [5.74, 6) is 0.631. The van der Waals surface area contributed by atoms with Gasteiger partial charge in [-0.1, -0.05) is 23.2 Å². The van der Waals surface area contributed by atoms with Crippen LogP contribution in [0.4, 0.5) is 5.82 Å². The number of anilines is 1. The number of nitrogens with zero attached hydrogens (tertiary/aromatic N) is 1. The number of aliphatic hydroxyl groups excluding tert-OH is 1. The molecule has 0 radical (unpaired) electrons. The van der Waals surface area contributed by atoms with E-state index in [-0.39, 0.29) is 12.6 Å². The molecule has 84 valence electrons. The van der Waals surface area contributed by atoms with Crippen molar-refractivity contribution in [2.45, 2.75) is 25.8 Å². The minimum atomic E-state index is 0.202. The molecule has 5 heteroatoms. The third kappa shape index (κ3) is 4.24. The molecule has 0 spiro atoms. The Labute approximate surface area is 99.4 Å². The van der Waals surface area contributed by atoms with Gasteiger partial charge in [0, 0.05) is 18.8 Å². The van der Waals surface area contributed by atoms with E-state index in [4.69, 9.17) is 28.3 Å². The van der Waals surface area contributed by atoms with Crippen LogP contribution in [-0.4, -0.2) is 22.7 Å². The highest BCUT2D eigenvalue weighted by Crippen LogP contribution is 2.23. The quantitative estimate of drug-likeness (QED) is 0.843. The summed E-state index contributed by atoms with van der Waals surface area (Å²) in [5.41, 5.74) is 0. The third-order valence-corrected chi connectivity index (χ3v) is 2.48. The molecule has 0 fully saturated rings. The maximum absolute atomic E-state index is 8.69. The van der Waals surface area contributed by atoms with E-state index in [1.54, 1.807) is 12.3 Å². The van der Waals surface area contributed by atoms with E-state index in [9.17, 15) is 0 Å². The van der Waals surface area contributed by atoms with Crippen molar-refractivity contribution in [2.24, 2.45) is 0 Å². The molecule has 1 aromatic heterocycles. The molecule has 0 aromatic carbocycles. The van der Waals surface area contributed by atoms with Crippen LogP contribution in [0.5, 0.6) is 0 Å². The van der Waals surface area contributed by atoms with Crippen molar-refractivity contribution in [1.29, 1.82) is 0 Å². The normalized spacial score (nSPS) is 12.5. The van der Waals surface area contributed by atoms with Gasteiger partial charge in [0.2, 0.25) is 0 Å². The second-order valence-electron chi connectivity index (χ2n) is 3.40. The van der Waals surface area contributed by atoms with Crippen LogP contribution in [0.15, 0.2) is 12.3 Å². The summed E-state index contributed by atoms with van der Waals surface area (Å²) >= 11 is 11.7. The average Bonchev–Trinajstić information content (AvgIpc) is 2.19. The zero-order valence-electron chi connectivity index (χ0n) is 8.50. The number of hydrogen-bond donors (Lipinski definition) is 2. The van der Waals surface area contributed by atoms with Gasteiger partial charge in [-0.3, -0.25) is 0 Å². The molecule has 1 atom stereocenters. The highest BCUT2D eigenvalue weighted by molar-refractivity contribution is 6.35. The monoisotopic (exact) mass is 248 g/mol. The van der Waals surface area contributed by atoms with Crippen LogP contribution in [0.3, 0.4) is 0 Å². The van der Waals surface area contributed by atoms with E-state index in [0.717, 1.165) is 12.8 Å². The molecule has 2 N–H and O–H groups in total. The first-order chi connectivity index (χ1) is 7.13. The Morgan fingerprint density at radius 2 is 2.27 bits per heavy atom. The van der Waals surface area contributed by atoms with Crippen LogP contribution >= 0.6 is 23.2 Å². The van der Waals surface area contributed by atoms with E-state index in [1.165, 1.54) is 0 Å². The second-order valence-corrected chi connectivity index (χ2v) is 4.24. The van der Waals surface area contributed by atoms with Gasteiger partial charge in [0.15, 0.2) is 0 Å². The molecule has 1 rings (SSSR count). The lowest BCUT2D eigenvalue weighted by Crippen LogP contribution is -2.16. The molecule has 3 nitrogen and oxygen atoms in total.